The lowest BCUT2D eigenvalue weighted by Crippen LogP contribution is -2.22. The molecule has 0 bridgehead atoms. The topological polar surface area (TPSA) is 37.8 Å². The SMILES string of the molecule is CC(NCCc1cscn1)c1ccc(F)cn1. The molecule has 0 saturated heterocycles. The second-order valence-corrected chi connectivity index (χ2v) is 4.53. The van der Waals surface area contributed by atoms with E-state index in [0.29, 0.717) is 0 Å². The number of pyridine rings is 1. The standard InChI is InChI=1S/C12H14FN3S/c1-9(12-3-2-10(13)6-15-12)14-5-4-11-7-17-8-16-11/h2-3,6-9,14H,4-5H2,1H3. The molecule has 1 N–H and O–H groups in total. The molecule has 0 amide bonds. The molecule has 2 rings (SSSR count). The Hall–Kier alpha value is -1.33. The molecule has 2 aromatic rings. The Labute approximate surface area is 104 Å². The van der Waals surface area contributed by atoms with Gasteiger partial charge in [-0.1, -0.05) is 0 Å². The molecular weight excluding hydrogens is 237 g/mol. The maximum absolute atomic E-state index is 12.7. The Balaban J connectivity index is 1.81. The van der Waals surface area contributed by atoms with E-state index in [1.165, 1.54) is 12.3 Å². The van der Waals surface area contributed by atoms with Crippen molar-refractivity contribution in [1.29, 1.82) is 0 Å². The molecule has 0 saturated carbocycles. The highest BCUT2D eigenvalue weighted by atomic mass is 32.1. The Morgan fingerprint density at radius 3 is 2.94 bits per heavy atom. The van der Waals surface area contributed by atoms with Gasteiger partial charge in [0, 0.05) is 24.4 Å². The van der Waals surface area contributed by atoms with Gasteiger partial charge in [0.05, 0.1) is 23.1 Å². The van der Waals surface area contributed by atoms with Crippen LogP contribution in [0.3, 0.4) is 0 Å². The van der Waals surface area contributed by atoms with Crippen molar-refractivity contribution >= 4 is 11.3 Å². The normalized spacial score (nSPS) is 12.6. The molecule has 2 heterocycles. The summed E-state index contributed by atoms with van der Waals surface area (Å²) in [6, 6.07) is 3.26. The Morgan fingerprint density at radius 1 is 1.41 bits per heavy atom. The first-order chi connectivity index (χ1) is 8.25. The van der Waals surface area contributed by atoms with Gasteiger partial charge in [0.25, 0.3) is 0 Å². The summed E-state index contributed by atoms with van der Waals surface area (Å²) in [5, 5.41) is 5.38. The highest BCUT2D eigenvalue weighted by Gasteiger charge is 2.06. The van der Waals surface area contributed by atoms with Gasteiger partial charge in [-0.2, -0.15) is 0 Å². The minimum Gasteiger partial charge on any atom is -0.308 e. The Morgan fingerprint density at radius 2 is 2.29 bits per heavy atom. The molecule has 1 unspecified atom stereocenters. The monoisotopic (exact) mass is 251 g/mol. The number of halogens is 1. The predicted molar refractivity (Wildman–Crippen MR) is 66.4 cm³/mol. The van der Waals surface area contributed by atoms with Gasteiger partial charge in [0.15, 0.2) is 0 Å². The number of nitrogens with zero attached hydrogens (tertiary/aromatic N) is 2. The third-order valence-corrected chi connectivity index (χ3v) is 3.14. The van der Waals surface area contributed by atoms with E-state index in [1.807, 2.05) is 17.8 Å². The molecule has 1 atom stereocenters. The van der Waals surface area contributed by atoms with Crippen LogP contribution in [0.5, 0.6) is 0 Å². The van der Waals surface area contributed by atoms with E-state index in [-0.39, 0.29) is 11.9 Å². The molecule has 0 aliphatic rings. The molecule has 0 fully saturated rings. The van der Waals surface area contributed by atoms with Crippen LogP contribution in [-0.2, 0) is 6.42 Å². The van der Waals surface area contributed by atoms with Crippen LogP contribution in [0.25, 0.3) is 0 Å². The quantitative estimate of drug-likeness (QED) is 0.887. The third-order valence-electron chi connectivity index (χ3n) is 2.51. The minimum absolute atomic E-state index is 0.120. The molecule has 3 nitrogen and oxygen atoms in total. The van der Waals surface area contributed by atoms with Crippen LogP contribution in [0, 0.1) is 5.82 Å². The summed E-state index contributed by atoms with van der Waals surface area (Å²) < 4.78 is 12.7. The molecular formula is C12H14FN3S. The van der Waals surface area contributed by atoms with Gasteiger partial charge in [-0.15, -0.1) is 11.3 Å². The van der Waals surface area contributed by atoms with Crippen LogP contribution < -0.4 is 5.32 Å². The van der Waals surface area contributed by atoms with E-state index in [0.717, 1.165) is 24.4 Å². The van der Waals surface area contributed by atoms with Gasteiger partial charge in [-0.05, 0) is 19.1 Å². The first-order valence-electron chi connectivity index (χ1n) is 5.47. The van der Waals surface area contributed by atoms with Crippen molar-refractivity contribution in [2.24, 2.45) is 0 Å². The van der Waals surface area contributed by atoms with E-state index in [2.05, 4.69) is 15.3 Å². The summed E-state index contributed by atoms with van der Waals surface area (Å²) in [4.78, 5) is 8.25. The first kappa shape index (κ1) is 12.1. The van der Waals surface area contributed by atoms with Gasteiger partial charge < -0.3 is 5.32 Å². The minimum atomic E-state index is -0.302. The number of nitrogens with one attached hydrogen (secondary N) is 1. The number of rotatable bonds is 5. The Kier molecular flexibility index (Phi) is 4.17. The lowest BCUT2D eigenvalue weighted by Gasteiger charge is -2.12. The van der Waals surface area contributed by atoms with Crippen LogP contribution >= 0.6 is 11.3 Å². The fraction of sp³-hybridized carbons (Fsp3) is 0.333. The highest BCUT2D eigenvalue weighted by Crippen LogP contribution is 2.09. The van der Waals surface area contributed by atoms with Crippen molar-refractivity contribution in [3.63, 3.8) is 0 Å². The summed E-state index contributed by atoms with van der Waals surface area (Å²) in [5.74, 6) is -0.302. The summed E-state index contributed by atoms with van der Waals surface area (Å²) in [7, 11) is 0. The number of aromatic nitrogens is 2. The number of hydrogen-bond acceptors (Lipinski definition) is 4. The summed E-state index contributed by atoms with van der Waals surface area (Å²) in [6.45, 7) is 2.85. The van der Waals surface area contributed by atoms with Crippen LogP contribution in [0.4, 0.5) is 4.39 Å². The van der Waals surface area contributed by atoms with Crippen molar-refractivity contribution < 1.29 is 4.39 Å². The second kappa shape index (κ2) is 5.84. The van der Waals surface area contributed by atoms with Crippen molar-refractivity contribution in [1.82, 2.24) is 15.3 Å². The highest BCUT2D eigenvalue weighted by molar-refractivity contribution is 7.07. The molecule has 5 heteroatoms. The predicted octanol–water partition coefficient (Wildman–Crippen LogP) is 2.57. The van der Waals surface area contributed by atoms with E-state index >= 15 is 0 Å². The van der Waals surface area contributed by atoms with Crippen molar-refractivity contribution in [2.45, 2.75) is 19.4 Å². The fourth-order valence-corrected chi connectivity index (χ4v) is 2.12. The lowest BCUT2D eigenvalue weighted by molar-refractivity contribution is 0.555. The Bertz CT molecular complexity index is 441. The molecule has 0 spiro atoms. The van der Waals surface area contributed by atoms with Crippen molar-refractivity contribution in [3.8, 4) is 0 Å². The van der Waals surface area contributed by atoms with Gasteiger partial charge in [0.2, 0.25) is 0 Å². The average Bonchev–Trinajstić information content (AvgIpc) is 2.83. The van der Waals surface area contributed by atoms with Gasteiger partial charge in [-0.3, -0.25) is 4.98 Å². The van der Waals surface area contributed by atoms with E-state index in [9.17, 15) is 4.39 Å². The zero-order chi connectivity index (χ0) is 12.1. The summed E-state index contributed by atoms with van der Waals surface area (Å²) in [5.41, 5.74) is 3.78. The van der Waals surface area contributed by atoms with Crippen LogP contribution in [0.1, 0.15) is 24.4 Å². The maximum Gasteiger partial charge on any atom is 0.141 e. The number of thiazole rings is 1. The van der Waals surface area contributed by atoms with Crippen LogP contribution in [0.2, 0.25) is 0 Å². The van der Waals surface area contributed by atoms with Gasteiger partial charge in [0.1, 0.15) is 5.82 Å². The summed E-state index contributed by atoms with van der Waals surface area (Å²) in [6.07, 6.45) is 2.14. The molecule has 2 aromatic heterocycles. The van der Waals surface area contributed by atoms with Gasteiger partial charge >= 0.3 is 0 Å². The number of hydrogen-bond donors (Lipinski definition) is 1. The third kappa shape index (κ3) is 3.57. The zero-order valence-corrected chi connectivity index (χ0v) is 10.4. The second-order valence-electron chi connectivity index (χ2n) is 3.81. The smallest absolute Gasteiger partial charge is 0.141 e. The zero-order valence-electron chi connectivity index (χ0n) is 9.56. The maximum atomic E-state index is 12.7. The molecule has 0 aliphatic carbocycles. The lowest BCUT2D eigenvalue weighted by atomic mass is 10.2. The molecule has 0 radical (unpaired) electrons. The molecule has 0 aromatic carbocycles. The van der Waals surface area contributed by atoms with Crippen LogP contribution in [-0.4, -0.2) is 16.5 Å². The van der Waals surface area contributed by atoms with Crippen molar-refractivity contribution in [2.75, 3.05) is 6.54 Å². The van der Waals surface area contributed by atoms with Crippen LogP contribution in [0.15, 0.2) is 29.2 Å². The van der Waals surface area contributed by atoms with E-state index in [4.69, 9.17) is 0 Å². The van der Waals surface area contributed by atoms with E-state index in [1.54, 1.807) is 17.4 Å². The fourth-order valence-electron chi connectivity index (χ4n) is 1.53. The first-order valence-corrected chi connectivity index (χ1v) is 6.42. The molecule has 90 valence electrons. The molecule has 17 heavy (non-hydrogen) atoms. The molecule has 0 aliphatic heterocycles. The van der Waals surface area contributed by atoms with E-state index < -0.39 is 0 Å². The summed E-state index contributed by atoms with van der Waals surface area (Å²) >= 11 is 1.60. The van der Waals surface area contributed by atoms with Crippen molar-refractivity contribution in [3.05, 3.63) is 46.4 Å². The average molecular weight is 251 g/mol. The largest absolute Gasteiger partial charge is 0.308 e. The van der Waals surface area contributed by atoms with Gasteiger partial charge in [-0.25, -0.2) is 9.37 Å².